The van der Waals surface area contributed by atoms with Gasteiger partial charge in [-0.3, -0.25) is 0 Å². The van der Waals surface area contributed by atoms with E-state index in [-0.39, 0.29) is 13.2 Å². The zero-order valence-electron chi connectivity index (χ0n) is 9.61. The molecular weight excluding hydrogens is 218 g/mol. The maximum atomic E-state index is 10.4. The van der Waals surface area contributed by atoms with Crippen molar-refractivity contribution >= 4 is 0 Å². The molecule has 90 valence electrons. The molecule has 1 aromatic heterocycles. The number of nitrogens with zero attached hydrogens (tertiary/aromatic N) is 3. The molecule has 0 bridgehead atoms. The summed E-state index contributed by atoms with van der Waals surface area (Å²) in [6, 6.07) is 7.42. The lowest BCUT2D eigenvalue weighted by molar-refractivity contribution is -0.0357. The van der Waals surface area contributed by atoms with Gasteiger partial charge in [0.25, 0.3) is 0 Å². The highest BCUT2D eigenvalue weighted by Crippen LogP contribution is 2.22. The van der Waals surface area contributed by atoms with Crippen LogP contribution >= 0.6 is 0 Å². The first-order valence-corrected chi connectivity index (χ1v) is 5.37. The maximum absolute atomic E-state index is 10.4. The third kappa shape index (κ3) is 2.51. The molecule has 0 amide bonds. The van der Waals surface area contributed by atoms with Gasteiger partial charge in [-0.15, -0.1) is 0 Å². The fourth-order valence-corrected chi connectivity index (χ4v) is 1.68. The second kappa shape index (κ2) is 4.65. The number of benzene rings is 1. The van der Waals surface area contributed by atoms with Gasteiger partial charge in [-0.2, -0.15) is 5.10 Å². The summed E-state index contributed by atoms with van der Waals surface area (Å²) in [5.41, 5.74) is 0.442. The molecule has 1 atom stereocenters. The molecule has 0 aliphatic heterocycles. The number of aliphatic hydroxyl groups is 2. The lowest BCUT2D eigenvalue weighted by Gasteiger charge is -2.26. The second-order valence-corrected chi connectivity index (χ2v) is 4.15. The molecule has 1 unspecified atom stereocenters. The Labute approximate surface area is 99.4 Å². The molecular formula is C12H15N3O2. The lowest BCUT2D eigenvalue weighted by atomic mass is 9.94. The smallest absolute Gasteiger partial charge is 0.137 e. The second-order valence-electron chi connectivity index (χ2n) is 4.15. The van der Waals surface area contributed by atoms with Crippen molar-refractivity contribution in [2.45, 2.75) is 19.1 Å². The third-order valence-electron chi connectivity index (χ3n) is 2.74. The molecule has 0 aliphatic carbocycles. The van der Waals surface area contributed by atoms with Crippen LogP contribution in [0.1, 0.15) is 11.1 Å². The van der Waals surface area contributed by atoms with Crippen molar-refractivity contribution in [2.24, 2.45) is 0 Å². The van der Waals surface area contributed by atoms with E-state index in [0.717, 1.165) is 5.56 Å². The Hall–Kier alpha value is -1.72. The van der Waals surface area contributed by atoms with Crippen LogP contribution in [0.25, 0.3) is 0 Å². The van der Waals surface area contributed by atoms with Gasteiger partial charge in [-0.25, -0.2) is 9.67 Å². The molecule has 1 heterocycles. The predicted octanol–water partition coefficient (Wildman–Crippen LogP) is 0.467. The van der Waals surface area contributed by atoms with Crippen LogP contribution in [0.5, 0.6) is 0 Å². The van der Waals surface area contributed by atoms with E-state index in [1.165, 1.54) is 17.3 Å². The Kier molecular flexibility index (Phi) is 3.21. The van der Waals surface area contributed by atoms with E-state index in [4.69, 9.17) is 0 Å². The van der Waals surface area contributed by atoms with Crippen molar-refractivity contribution in [3.05, 3.63) is 48.0 Å². The molecule has 2 N–H and O–H groups in total. The fourth-order valence-electron chi connectivity index (χ4n) is 1.68. The van der Waals surface area contributed by atoms with E-state index >= 15 is 0 Å². The van der Waals surface area contributed by atoms with Crippen molar-refractivity contribution in [3.63, 3.8) is 0 Å². The highest BCUT2D eigenvalue weighted by molar-refractivity contribution is 5.26. The van der Waals surface area contributed by atoms with Gasteiger partial charge in [0.05, 0.1) is 13.2 Å². The van der Waals surface area contributed by atoms with Crippen LogP contribution < -0.4 is 0 Å². The molecule has 0 saturated heterocycles. The highest BCUT2D eigenvalue weighted by Gasteiger charge is 2.29. The lowest BCUT2D eigenvalue weighted by Crippen LogP contribution is -2.35. The molecule has 0 aliphatic rings. The number of aromatic nitrogens is 3. The van der Waals surface area contributed by atoms with Gasteiger partial charge in [-0.05, 0) is 12.5 Å². The Morgan fingerprint density at radius 2 is 2.00 bits per heavy atom. The van der Waals surface area contributed by atoms with Crippen LogP contribution in [0.4, 0.5) is 0 Å². The number of hydrogen-bond donors (Lipinski definition) is 2. The largest absolute Gasteiger partial charge is 0.393 e. The summed E-state index contributed by atoms with van der Waals surface area (Å²) < 4.78 is 1.50. The SMILES string of the molecule is Cc1ccc(C(O)(CO)Cn2cncn2)cc1. The topological polar surface area (TPSA) is 71.2 Å². The van der Waals surface area contributed by atoms with Crippen molar-refractivity contribution in [1.29, 1.82) is 0 Å². The summed E-state index contributed by atoms with van der Waals surface area (Å²) in [6.07, 6.45) is 2.90. The summed E-state index contributed by atoms with van der Waals surface area (Å²) >= 11 is 0. The maximum Gasteiger partial charge on any atom is 0.137 e. The van der Waals surface area contributed by atoms with Gasteiger partial charge in [0, 0.05) is 0 Å². The van der Waals surface area contributed by atoms with Gasteiger partial charge >= 0.3 is 0 Å². The van der Waals surface area contributed by atoms with Crippen molar-refractivity contribution < 1.29 is 10.2 Å². The van der Waals surface area contributed by atoms with Gasteiger partial charge in [0.15, 0.2) is 0 Å². The van der Waals surface area contributed by atoms with Crippen LogP contribution in [-0.2, 0) is 12.1 Å². The fraction of sp³-hybridized carbons (Fsp3) is 0.333. The molecule has 0 fully saturated rings. The average Bonchev–Trinajstić information content (AvgIpc) is 2.82. The minimum absolute atomic E-state index is 0.173. The van der Waals surface area contributed by atoms with E-state index in [0.29, 0.717) is 5.56 Å². The van der Waals surface area contributed by atoms with E-state index in [9.17, 15) is 10.2 Å². The number of rotatable bonds is 4. The van der Waals surface area contributed by atoms with Crippen molar-refractivity contribution in [1.82, 2.24) is 14.8 Å². The molecule has 5 nitrogen and oxygen atoms in total. The normalized spacial score (nSPS) is 14.5. The Morgan fingerprint density at radius 1 is 1.29 bits per heavy atom. The van der Waals surface area contributed by atoms with Gasteiger partial charge < -0.3 is 10.2 Å². The standard InChI is InChI=1S/C12H15N3O2/c1-10-2-4-11(5-3-10)12(17,7-16)6-15-9-13-8-14-15/h2-5,8-9,16-17H,6-7H2,1H3. The molecule has 0 spiro atoms. The molecule has 5 heteroatoms. The average molecular weight is 233 g/mol. The van der Waals surface area contributed by atoms with Crippen LogP contribution in [0, 0.1) is 6.92 Å². The van der Waals surface area contributed by atoms with Crippen LogP contribution in [0.15, 0.2) is 36.9 Å². The molecule has 17 heavy (non-hydrogen) atoms. The first-order valence-electron chi connectivity index (χ1n) is 5.37. The summed E-state index contributed by atoms with van der Waals surface area (Å²) in [6.45, 7) is 1.78. The van der Waals surface area contributed by atoms with Gasteiger partial charge in [0.2, 0.25) is 0 Å². The molecule has 0 radical (unpaired) electrons. The van der Waals surface area contributed by atoms with Crippen molar-refractivity contribution in [2.75, 3.05) is 6.61 Å². The zero-order valence-corrected chi connectivity index (χ0v) is 9.61. The molecule has 2 rings (SSSR count). The third-order valence-corrected chi connectivity index (χ3v) is 2.74. The Morgan fingerprint density at radius 3 is 2.53 bits per heavy atom. The zero-order chi connectivity index (χ0) is 12.3. The molecule has 0 saturated carbocycles. The van der Waals surface area contributed by atoms with Crippen LogP contribution in [0.3, 0.4) is 0 Å². The Balaban J connectivity index is 2.27. The first-order chi connectivity index (χ1) is 8.14. The number of aliphatic hydroxyl groups excluding tert-OH is 1. The van der Waals surface area contributed by atoms with E-state index in [1.807, 2.05) is 31.2 Å². The van der Waals surface area contributed by atoms with Crippen LogP contribution in [0.2, 0.25) is 0 Å². The monoisotopic (exact) mass is 233 g/mol. The highest BCUT2D eigenvalue weighted by atomic mass is 16.3. The minimum Gasteiger partial charge on any atom is -0.393 e. The minimum atomic E-state index is -1.33. The van der Waals surface area contributed by atoms with E-state index < -0.39 is 5.60 Å². The number of hydrogen-bond acceptors (Lipinski definition) is 4. The first kappa shape index (κ1) is 11.8. The summed E-state index contributed by atoms with van der Waals surface area (Å²) in [5.74, 6) is 0. The van der Waals surface area contributed by atoms with Crippen molar-refractivity contribution in [3.8, 4) is 0 Å². The Bertz CT molecular complexity index is 467. The van der Waals surface area contributed by atoms with E-state index in [1.54, 1.807) is 0 Å². The molecule has 1 aromatic carbocycles. The summed E-state index contributed by atoms with van der Waals surface area (Å²) in [4.78, 5) is 3.81. The summed E-state index contributed by atoms with van der Waals surface area (Å²) in [5, 5.41) is 23.7. The molecule has 2 aromatic rings. The summed E-state index contributed by atoms with van der Waals surface area (Å²) in [7, 11) is 0. The van der Waals surface area contributed by atoms with E-state index in [2.05, 4.69) is 10.1 Å². The number of aryl methyl sites for hydroxylation is 1. The quantitative estimate of drug-likeness (QED) is 0.805. The van der Waals surface area contributed by atoms with Gasteiger partial charge in [0.1, 0.15) is 18.3 Å². The predicted molar refractivity (Wildman–Crippen MR) is 62.2 cm³/mol. The van der Waals surface area contributed by atoms with Gasteiger partial charge in [-0.1, -0.05) is 29.8 Å². The van der Waals surface area contributed by atoms with Crippen LogP contribution in [-0.4, -0.2) is 31.6 Å².